The summed E-state index contributed by atoms with van der Waals surface area (Å²) >= 11 is 1.97. The van der Waals surface area contributed by atoms with Gasteiger partial charge in [-0.1, -0.05) is 139 Å². The first-order chi connectivity index (χ1) is 28.4. The van der Waals surface area contributed by atoms with Gasteiger partial charge in [-0.3, -0.25) is 0 Å². The summed E-state index contributed by atoms with van der Waals surface area (Å²) < 4.78 is 1.35. The van der Waals surface area contributed by atoms with Crippen LogP contribution in [0.5, 0.6) is 0 Å². The molecule has 61 heavy (non-hydrogen) atoms. The average Bonchev–Trinajstić information content (AvgIpc) is 3.56. The molecule has 0 atom stereocenters. The first-order valence-corrected chi connectivity index (χ1v) is 24.0. The van der Waals surface area contributed by atoms with Crippen molar-refractivity contribution >= 4 is 78.0 Å². The Balaban J connectivity index is 1.37. The molecule has 0 unspecified atom stereocenters. The zero-order valence-corrected chi connectivity index (χ0v) is 40.6. The molecule has 0 bridgehead atoms. The summed E-state index contributed by atoms with van der Waals surface area (Å²) in [6.07, 6.45) is 4.78. The molecule has 2 nitrogen and oxygen atoms in total. The average molecular weight is 823 g/mol. The van der Waals surface area contributed by atoms with Gasteiger partial charge in [0.15, 0.2) is 0 Å². The van der Waals surface area contributed by atoms with Crippen LogP contribution in [0.15, 0.2) is 84.9 Å². The Bertz CT molecular complexity index is 2800. The van der Waals surface area contributed by atoms with Gasteiger partial charge in [-0.15, -0.1) is 11.3 Å². The normalized spacial score (nSPS) is 19.2. The standard InChI is InChI=1S/C57H67BN2S/c1-34-28-39-41(56(12,13)26-24-54(39,8)9)32-44(34)60-45-33-42-40(55(10,11)25-27-57(42,14)15)31-43(45)58-49-38-18-16-17-19-48(38)61-51(49)59(37-22-20-35(21-23-37)52(2,3)4)46-29-36(53(5,6)7)30-47(60)50(46)58/h16-23,28-33H,24-27H2,1-15H3. The minimum absolute atomic E-state index is 0.0713. The summed E-state index contributed by atoms with van der Waals surface area (Å²) in [6.45, 7) is 36.5. The fourth-order valence-electron chi connectivity index (χ4n) is 11.5. The van der Waals surface area contributed by atoms with Crippen LogP contribution in [0.3, 0.4) is 0 Å². The Labute approximate surface area is 371 Å². The van der Waals surface area contributed by atoms with Crippen LogP contribution in [0, 0.1) is 6.92 Å². The number of benzene rings is 5. The fourth-order valence-corrected chi connectivity index (χ4v) is 12.8. The fraction of sp³-hybridized carbons (Fsp3) is 0.439. The highest BCUT2D eigenvalue weighted by atomic mass is 32.1. The smallest absolute Gasteiger partial charge is 0.254 e. The second-order valence-corrected chi connectivity index (χ2v) is 25.1. The number of thiophene rings is 1. The van der Waals surface area contributed by atoms with Gasteiger partial charge in [-0.2, -0.15) is 0 Å². The highest BCUT2D eigenvalue weighted by Crippen LogP contribution is 2.54. The third-order valence-corrected chi connectivity index (χ3v) is 17.0. The largest absolute Gasteiger partial charge is 0.311 e. The van der Waals surface area contributed by atoms with Gasteiger partial charge in [0.2, 0.25) is 0 Å². The van der Waals surface area contributed by atoms with E-state index in [1.54, 1.807) is 0 Å². The molecular weight excluding hydrogens is 756 g/mol. The summed E-state index contributed by atoms with van der Waals surface area (Å²) in [5, 5.41) is 2.73. The Morgan fingerprint density at radius 2 is 1.00 bits per heavy atom. The minimum atomic E-state index is -0.0754. The molecule has 2 aliphatic heterocycles. The number of hydrogen-bond donors (Lipinski definition) is 0. The number of aryl methyl sites for hydroxylation is 1. The van der Waals surface area contributed by atoms with Crippen molar-refractivity contribution in [2.75, 3.05) is 9.80 Å². The van der Waals surface area contributed by atoms with Crippen molar-refractivity contribution in [2.45, 2.75) is 162 Å². The van der Waals surface area contributed by atoms with Crippen molar-refractivity contribution in [2.24, 2.45) is 0 Å². The Kier molecular flexibility index (Phi) is 8.63. The number of fused-ring (bicyclic) bond motifs is 8. The van der Waals surface area contributed by atoms with Gasteiger partial charge >= 0.3 is 0 Å². The molecule has 0 N–H and O–H groups in total. The third-order valence-electron chi connectivity index (χ3n) is 15.8. The Morgan fingerprint density at radius 3 is 1.56 bits per heavy atom. The van der Waals surface area contributed by atoms with Crippen LogP contribution in [0.2, 0.25) is 0 Å². The van der Waals surface area contributed by atoms with Crippen LogP contribution >= 0.6 is 11.3 Å². The molecular formula is C57H67BN2S. The van der Waals surface area contributed by atoms with E-state index in [1.165, 1.54) is 125 Å². The molecule has 0 fully saturated rings. The van der Waals surface area contributed by atoms with Gasteiger partial charge in [0.25, 0.3) is 6.71 Å². The van der Waals surface area contributed by atoms with Gasteiger partial charge in [-0.25, -0.2) is 0 Å². The van der Waals surface area contributed by atoms with E-state index in [0.29, 0.717) is 0 Å². The second kappa shape index (κ2) is 12.9. The minimum Gasteiger partial charge on any atom is -0.311 e. The second-order valence-electron chi connectivity index (χ2n) is 24.1. The summed E-state index contributed by atoms with van der Waals surface area (Å²) in [4.78, 5) is 5.41. The summed E-state index contributed by atoms with van der Waals surface area (Å²) in [5.41, 5.74) is 21.5. The van der Waals surface area contributed by atoms with Crippen LogP contribution < -0.4 is 26.2 Å². The molecule has 1 aromatic heterocycles. The highest BCUT2D eigenvalue weighted by molar-refractivity contribution is 7.26. The maximum absolute atomic E-state index is 2.76. The molecule has 2 aliphatic carbocycles. The van der Waals surface area contributed by atoms with Crippen molar-refractivity contribution in [1.82, 2.24) is 0 Å². The number of rotatable bonds is 2. The molecule has 6 aromatic rings. The van der Waals surface area contributed by atoms with Crippen molar-refractivity contribution in [3.05, 3.63) is 124 Å². The van der Waals surface area contributed by atoms with E-state index in [9.17, 15) is 0 Å². The topological polar surface area (TPSA) is 6.48 Å². The van der Waals surface area contributed by atoms with Crippen molar-refractivity contribution in [1.29, 1.82) is 0 Å². The molecule has 0 radical (unpaired) electrons. The molecule has 0 saturated carbocycles. The van der Waals surface area contributed by atoms with Crippen LogP contribution in [0.4, 0.5) is 33.4 Å². The first-order valence-electron chi connectivity index (χ1n) is 23.1. The van der Waals surface area contributed by atoms with Crippen molar-refractivity contribution in [3.63, 3.8) is 0 Å². The van der Waals surface area contributed by atoms with Gasteiger partial charge in [-0.05, 0) is 168 Å². The lowest BCUT2D eigenvalue weighted by Gasteiger charge is -2.48. The van der Waals surface area contributed by atoms with Crippen LogP contribution in [-0.2, 0) is 32.5 Å². The van der Waals surface area contributed by atoms with E-state index in [2.05, 4.69) is 199 Å². The third kappa shape index (κ3) is 6.07. The van der Waals surface area contributed by atoms with E-state index < -0.39 is 0 Å². The SMILES string of the molecule is Cc1cc2c(cc1N1c3cc4c(cc3B3c5c1cc(C(C)(C)C)cc5N(c1ccc(C(C)(C)C)cc1)c1sc5ccccc5c13)C(C)(C)CCC4(C)C)C(C)(C)CCC2(C)C. The zero-order valence-electron chi connectivity index (χ0n) is 39.8. The molecule has 0 spiro atoms. The van der Waals surface area contributed by atoms with Gasteiger partial charge < -0.3 is 9.80 Å². The lowest BCUT2D eigenvalue weighted by Crippen LogP contribution is -2.61. The molecule has 314 valence electrons. The molecule has 4 heteroatoms. The van der Waals surface area contributed by atoms with Crippen LogP contribution in [-0.4, -0.2) is 6.71 Å². The first kappa shape index (κ1) is 40.8. The van der Waals surface area contributed by atoms with E-state index in [-0.39, 0.29) is 39.2 Å². The van der Waals surface area contributed by atoms with E-state index >= 15 is 0 Å². The molecule has 3 heterocycles. The maximum Gasteiger partial charge on any atom is 0.254 e. The van der Waals surface area contributed by atoms with E-state index in [0.717, 1.165) is 0 Å². The summed E-state index contributed by atoms with van der Waals surface area (Å²) in [6, 6.07) is 34.5. The van der Waals surface area contributed by atoms with E-state index in [1.807, 2.05) is 11.3 Å². The van der Waals surface area contributed by atoms with Crippen molar-refractivity contribution < 1.29 is 0 Å². The number of anilines is 6. The van der Waals surface area contributed by atoms with Crippen LogP contribution in [0.1, 0.15) is 162 Å². The predicted octanol–water partition coefficient (Wildman–Crippen LogP) is 14.6. The van der Waals surface area contributed by atoms with Gasteiger partial charge in [0, 0.05) is 33.1 Å². The predicted molar refractivity (Wildman–Crippen MR) is 269 cm³/mol. The highest BCUT2D eigenvalue weighted by Gasteiger charge is 2.49. The quantitative estimate of drug-likeness (QED) is 0.160. The molecule has 0 amide bonds. The Morgan fingerprint density at radius 1 is 0.508 bits per heavy atom. The summed E-state index contributed by atoms with van der Waals surface area (Å²) in [5.74, 6) is 0. The van der Waals surface area contributed by atoms with Gasteiger partial charge in [0.1, 0.15) is 0 Å². The zero-order chi connectivity index (χ0) is 43.6. The lowest BCUT2D eigenvalue weighted by molar-refractivity contribution is 0.331. The van der Waals surface area contributed by atoms with Gasteiger partial charge in [0.05, 0.1) is 5.00 Å². The maximum atomic E-state index is 2.76. The molecule has 0 saturated heterocycles. The molecule has 4 aliphatic rings. The lowest BCUT2D eigenvalue weighted by atomic mass is 9.33. The summed E-state index contributed by atoms with van der Waals surface area (Å²) in [7, 11) is 0. The number of nitrogens with zero attached hydrogens (tertiary/aromatic N) is 2. The number of hydrogen-bond acceptors (Lipinski definition) is 3. The monoisotopic (exact) mass is 823 g/mol. The van der Waals surface area contributed by atoms with E-state index in [4.69, 9.17) is 0 Å². The molecule has 10 rings (SSSR count). The van der Waals surface area contributed by atoms with Crippen molar-refractivity contribution in [3.8, 4) is 0 Å². The van der Waals surface area contributed by atoms with Crippen LogP contribution in [0.25, 0.3) is 10.1 Å². The molecule has 5 aromatic carbocycles. The Hall–Kier alpha value is -4.28.